The molecule has 0 aliphatic rings. The number of rotatable bonds is 3. The van der Waals surface area contributed by atoms with E-state index in [9.17, 15) is 13.2 Å². The number of halogens is 3. The van der Waals surface area contributed by atoms with Gasteiger partial charge in [-0.25, -0.2) is 0 Å². The summed E-state index contributed by atoms with van der Waals surface area (Å²) in [5, 5.41) is 8.97. The van der Waals surface area contributed by atoms with E-state index in [1.54, 1.807) is 19.1 Å². The minimum Gasteiger partial charge on any atom is -0.496 e. The Morgan fingerprint density at radius 2 is 2.00 bits per heavy atom. The minimum atomic E-state index is -4.60. The zero-order valence-corrected chi connectivity index (χ0v) is 9.01. The van der Waals surface area contributed by atoms with Crippen molar-refractivity contribution in [3.63, 3.8) is 0 Å². The van der Waals surface area contributed by atoms with E-state index >= 15 is 0 Å². The standard InChI is InChI=1S/C11H13F3O2/c1-7-4-3-5-8(10(7)16-2)6-9(15)11(12,13)14/h3-5,9,15H,6H2,1-2H3. The van der Waals surface area contributed by atoms with Crippen molar-refractivity contribution in [2.24, 2.45) is 0 Å². The predicted octanol–water partition coefficient (Wildman–Crippen LogP) is 2.47. The van der Waals surface area contributed by atoms with Crippen LogP contribution in [0.2, 0.25) is 0 Å². The molecule has 5 heteroatoms. The second-order valence-electron chi connectivity index (χ2n) is 3.53. The number of aliphatic hydroxyl groups is 1. The normalized spacial score (nSPS) is 13.6. The molecule has 0 heterocycles. The van der Waals surface area contributed by atoms with Crippen LogP contribution >= 0.6 is 0 Å². The first-order valence-electron chi connectivity index (χ1n) is 4.73. The van der Waals surface area contributed by atoms with Crippen LogP contribution in [-0.4, -0.2) is 24.5 Å². The summed E-state index contributed by atoms with van der Waals surface area (Å²) >= 11 is 0. The maximum Gasteiger partial charge on any atom is 0.414 e. The predicted molar refractivity (Wildman–Crippen MR) is 53.5 cm³/mol. The zero-order chi connectivity index (χ0) is 12.3. The first kappa shape index (κ1) is 12.8. The van der Waals surface area contributed by atoms with Gasteiger partial charge in [0.2, 0.25) is 0 Å². The van der Waals surface area contributed by atoms with Crippen molar-refractivity contribution in [1.82, 2.24) is 0 Å². The molecule has 1 rings (SSSR count). The van der Waals surface area contributed by atoms with Gasteiger partial charge in [0.1, 0.15) is 5.75 Å². The molecule has 0 aromatic heterocycles. The Bertz CT molecular complexity index is 361. The summed E-state index contributed by atoms with van der Waals surface area (Å²) in [7, 11) is 1.39. The molecule has 0 radical (unpaired) electrons. The maximum atomic E-state index is 12.2. The molecule has 2 nitrogen and oxygen atoms in total. The fourth-order valence-electron chi connectivity index (χ4n) is 1.49. The van der Waals surface area contributed by atoms with Gasteiger partial charge in [-0.05, 0) is 18.1 Å². The highest BCUT2D eigenvalue weighted by atomic mass is 19.4. The largest absolute Gasteiger partial charge is 0.496 e. The van der Waals surface area contributed by atoms with E-state index in [2.05, 4.69) is 0 Å². The van der Waals surface area contributed by atoms with Gasteiger partial charge in [-0.15, -0.1) is 0 Å². The first-order chi connectivity index (χ1) is 7.36. The van der Waals surface area contributed by atoms with Crippen molar-refractivity contribution in [1.29, 1.82) is 0 Å². The first-order valence-corrected chi connectivity index (χ1v) is 4.73. The number of para-hydroxylation sites is 1. The molecule has 0 fully saturated rings. The van der Waals surface area contributed by atoms with Crippen LogP contribution in [0.3, 0.4) is 0 Å². The highest BCUT2D eigenvalue weighted by Gasteiger charge is 2.38. The van der Waals surface area contributed by atoms with Crippen LogP contribution in [0.15, 0.2) is 18.2 Å². The van der Waals surface area contributed by atoms with E-state index < -0.39 is 18.7 Å². The third-order valence-corrected chi connectivity index (χ3v) is 2.29. The summed E-state index contributed by atoms with van der Waals surface area (Å²) < 4.78 is 41.6. The molecule has 16 heavy (non-hydrogen) atoms. The van der Waals surface area contributed by atoms with Crippen molar-refractivity contribution >= 4 is 0 Å². The highest BCUT2D eigenvalue weighted by Crippen LogP contribution is 2.28. The molecule has 0 spiro atoms. The van der Waals surface area contributed by atoms with Gasteiger partial charge in [-0.2, -0.15) is 13.2 Å². The van der Waals surface area contributed by atoms with Crippen LogP contribution in [0.4, 0.5) is 13.2 Å². The van der Waals surface area contributed by atoms with Crippen molar-refractivity contribution in [2.45, 2.75) is 25.6 Å². The second kappa shape index (κ2) is 4.74. The molecule has 0 saturated heterocycles. The van der Waals surface area contributed by atoms with E-state index in [1.807, 2.05) is 0 Å². The van der Waals surface area contributed by atoms with Gasteiger partial charge in [-0.3, -0.25) is 0 Å². The molecule has 0 saturated carbocycles. The topological polar surface area (TPSA) is 29.5 Å². The molecule has 0 amide bonds. The maximum absolute atomic E-state index is 12.2. The van der Waals surface area contributed by atoms with Gasteiger partial charge in [0.25, 0.3) is 0 Å². The molecule has 0 bridgehead atoms. The second-order valence-corrected chi connectivity index (χ2v) is 3.53. The molecular weight excluding hydrogens is 221 g/mol. The highest BCUT2D eigenvalue weighted by molar-refractivity contribution is 5.41. The van der Waals surface area contributed by atoms with Gasteiger partial charge in [0.15, 0.2) is 6.10 Å². The number of methoxy groups -OCH3 is 1. The van der Waals surface area contributed by atoms with E-state index in [0.717, 1.165) is 5.56 Å². The quantitative estimate of drug-likeness (QED) is 0.870. The van der Waals surface area contributed by atoms with Crippen LogP contribution < -0.4 is 4.74 Å². The fraction of sp³-hybridized carbons (Fsp3) is 0.455. The molecular formula is C11H13F3O2. The molecule has 1 unspecified atom stereocenters. The molecule has 1 aromatic rings. The summed E-state index contributed by atoms with van der Waals surface area (Å²) in [5.41, 5.74) is 1.10. The monoisotopic (exact) mass is 234 g/mol. The van der Waals surface area contributed by atoms with Gasteiger partial charge in [0.05, 0.1) is 7.11 Å². The summed E-state index contributed by atoms with van der Waals surface area (Å²) in [6, 6.07) is 4.89. The van der Waals surface area contributed by atoms with Crippen molar-refractivity contribution < 1.29 is 23.0 Å². The summed E-state index contributed by atoms with van der Waals surface area (Å²) in [6.07, 6.45) is -7.45. The number of hydrogen-bond acceptors (Lipinski definition) is 2. The summed E-state index contributed by atoms with van der Waals surface area (Å²) in [6.45, 7) is 1.74. The van der Waals surface area contributed by atoms with E-state index in [0.29, 0.717) is 11.3 Å². The Morgan fingerprint density at radius 3 is 2.50 bits per heavy atom. The Morgan fingerprint density at radius 1 is 1.38 bits per heavy atom. The number of ether oxygens (including phenoxy) is 1. The molecule has 1 aromatic carbocycles. The van der Waals surface area contributed by atoms with Gasteiger partial charge < -0.3 is 9.84 Å². The van der Waals surface area contributed by atoms with Crippen LogP contribution in [0, 0.1) is 6.92 Å². The SMILES string of the molecule is COc1c(C)cccc1CC(O)C(F)(F)F. The van der Waals surface area contributed by atoms with Crippen LogP contribution in [0.5, 0.6) is 5.75 Å². The number of alkyl halides is 3. The van der Waals surface area contributed by atoms with Crippen LogP contribution in [0.1, 0.15) is 11.1 Å². The molecule has 1 N–H and O–H groups in total. The summed E-state index contributed by atoms with van der Waals surface area (Å²) in [5.74, 6) is 0.394. The third-order valence-electron chi connectivity index (χ3n) is 2.29. The van der Waals surface area contributed by atoms with Crippen LogP contribution in [-0.2, 0) is 6.42 Å². The zero-order valence-electron chi connectivity index (χ0n) is 9.01. The smallest absolute Gasteiger partial charge is 0.414 e. The Kier molecular flexibility index (Phi) is 3.80. The number of aliphatic hydroxyl groups excluding tert-OH is 1. The Labute approximate surface area is 91.7 Å². The number of benzene rings is 1. The number of hydrogen-bond donors (Lipinski definition) is 1. The Hall–Kier alpha value is -1.23. The summed E-state index contributed by atoms with van der Waals surface area (Å²) in [4.78, 5) is 0. The lowest BCUT2D eigenvalue weighted by Crippen LogP contribution is -2.30. The average molecular weight is 234 g/mol. The number of aryl methyl sites for hydroxylation is 1. The average Bonchev–Trinajstić information content (AvgIpc) is 2.16. The van der Waals surface area contributed by atoms with Gasteiger partial charge >= 0.3 is 6.18 Å². The molecule has 0 aliphatic carbocycles. The fourth-order valence-corrected chi connectivity index (χ4v) is 1.49. The minimum absolute atomic E-state index is 0.354. The molecule has 0 aliphatic heterocycles. The lowest BCUT2D eigenvalue weighted by molar-refractivity contribution is -0.203. The molecule has 1 atom stereocenters. The lowest BCUT2D eigenvalue weighted by atomic mass is 10.0. The third kappa shape index (κ3) is 2.88. The van der Waals surface area contributed by atoms with Crippen molar-refractivity contribution in [3.05, 3.63) is 29.3 Å². The Balaban J connectivity index is 2.93. The van der Waals surface area contributed by atoms with E-state index in [1.165, 1.54) is 13.2 Å². The van der Waals surface area contributed by atoms with Crippen molar-refractivity contribution in [3.8, 4) is 5.75 Å². The van der Waals surface area contributed by atoms with Crippen molar-refractivity contribution in [2.75, 3.05) is 7.11 Å². The molecule has 90 valence electrons. The van der Waals surface area contributed by atoms with Gasteiger partial charge in [0, 0.05) is 6.42 Å². The van der Waals surface area contributed by atoms with E-state index in [-0.39, 0.29) is 0 Å². The lowest BCUT2D eigenvalue weighted by Gasteiger charge is -2.17. The van der Waals surface area contributed by atoms with Gasteiger partial charge in [-0.1, -0.05) is 18.2 Å². The van der Waals surface area contributed by atoms with E-state index in [4.69, 9.17) is 9.84 Å². The van der Waals surface area contributed by atoms with Crippen LogP contribution in [0.25, 0.3) is 0 Å².